The number of aryl methyl sites for hydroxylation is 1. The largest absolute Gasteiger partial charge is 0.492 e. The van der Waals surface area contributed by atoms with Crippen LogP contribution in [0.15, 0.2) is 35.6 Å². The zero-order valence-electron chi connectivity index (χ0n) is 18.3. The molecule has 0 aliphatic carbocycles. The highest BCUT2D eigenvalue weighted by Gasteiger charge is 2.21. The van der Waals surface area contributed by atoms with Crippen LogP contribution in [0.1, 0.15) is 27.7 Å². The van der Waals surface area contributed by atoms with Crippen LogP contribution in [-0.2, 0) is 17.9 Å². The molecule has 0 saturated heterocycles. The van der Waals surface area contributed by atoms with Crippen molar-refractivity contribution in [1.29, 1.82) is 0 Å². The van der Waals surface area contributed by atoms with Crippen molar-refractivity contribution in [1.82, 2.24) is 24.5 Å². The van der Waals surface area contributed by atoms with Crippen LogP contribution in [0, 0.1) is 0 Å². The maximum Gasteiger partial charge on any atom is 0.243 e. The molecule has 3 aromatic rings. The zero-order chi connectivity index (χ0) is 22.2. The van der Waals surface area contributed by atoms with Gasteiger partial charge in [0.05, 0.1) is 24.7 Å². The third-order valence-electron chi connectivity index (χ3n) is 4.40. The number of nitrogens with one attached hydrogen (secondary N) is 1. The summed E-state index contributed by atoms with van der Waals surface area (Å²) in [6, 6.07) is 7.38. The Kier molecular flexibility index (Phi) is 7.94. The number of thioether (sulfide) groups is 1. The van der Waals surface area contributed by atoms with Gasteiger partial charge in [0.2, 0.25) is 11.8 Å². The first-order valence-electron chi connectivity index (χ1n) is 10.4. The predicted molar refractivity (Wildman–Crippen MR) is 121 cm³/mol. The molecule has 0 radical (unpaired) electrons. The summed E-state index contributed by atoms with van der Waals surface area (Å²) < 4.78 is 15.0. The molecule has 166 valence electrons. The van der Waals surface area contributed by atoms with E-state index in [4.69, 9.17) is 9.47 Å². The predicted octanol–water partition coefficient (Wildman–Crippen LogP) is 3.71. The van der Waals surface area contributed by atoms with E-state index in [1.165, 1.54) is 11.8 Å². The Morgan fingerprint density at radius 1 is 1.06 bits per heavy atom. The molecule has 0 unspecified atom stereocenters. The lowest BCUT2D eigenvalue weighted by Gasteiger charge is -2.11. The topological polar surface area (TPSA) is 96.1 Å². The molecule has 0 aliphatic heterocycles. The minimum atomic E-state index is -0.141. The summed E-state index contributed by atoms with van der Waals surface area (Å²) in [6.45, 7) is 10.3. The van der Waals surface area contributed by atoms with Crippen LogP contribution in [0.4, 0.5) is 5.69 Å². The number of hydrogen-bond donors (Lipinski definition) is 1. The molecule has 31 heavy (non-hydrogen) atoms. The highest BCUT2D eigenvalue weighted by molar-refractivity contribution is 7.99. The molecule has 3 rings (SSSR count). The minimum Gasteiger partial charge on any atom is -0.492 e. The van der Waals surface area contributed by atoms with Gasteiger partial charge in [-0.05, 0) is 39.8 Å². The standard InChI is InChI=1S/C21H28N6O3S/c1-5-26-13-15(20(25-26)30-8-4)19-23-24-21(27(19)6-2)31-14-18(28)22-16-11-9-10-12-17(16)29-7-3/h9-13H,5-8,14H2,1-4H3,(H,22,28). The zero-order valence-corrected chi connectivity index (χ0v) is 19.1. The number of carbonyl (C=O) groups is 1. The smallest absolute Gasteiger partial charge is 0.243 e. The van der Waals surface area contributed by atoms with E-state index in [9.17, 15) is 4.79 Å². The van der Waals surface area contributed by atoms with Crippen molar-refractivity contribution in [2.24, 2.45) is 0 Å². The normalized spacial score (nSPS) is 10.8. The summed E-state index contributed by atoms with van der Waals surface area (Å²) in [7, 11) is 0. The van der Waals surface area contributed by atoms with E-state index in [1.807, 2.05) is 67.4 Å². The van der Waals surface area contributed by atoms with Gasteiger partial charge in [-0.25, -0.2) is 0 Å². The molecule has 0 fully saturated rings. The highest BCUT2D eigenvalue weighted by atomic mass is 32.2. The molecule has 1 amide bonds. The summed E-state index contributed by atoms with van der Waals surface area (Å²) in [6.07, 6.45) is 1.91. The van der Waals surface area contributed by atoms with Gasteiger partial charge >= 0.3 is 0 Å². The van der Waals surface area contributed by atoms with Gasteiger partial charge in [-0.15, -0.1) is 15.3 Å². The lowest BCUT2D eigenvalue weighted by Crippen LogP contribution is -2.15. The molecule has 0 spiro atoms. The van der Waals surface area contributed by atoms with Crippen molar-refractivity contribution < 1.29 is 14.3 Å². The van der Waals surface area contributed by atoms with Crippen molar-refractivity contribution in [3.05, 3.63) is 30.5 Å². The van der Waals surface area contributed by atoms with Gasteiger partial charge in [-0.3, -0.25) is 9.48 Å². The molecule has 0 atom stereocenters. The van der Waals surface area contributed by atoms with Crippen LogP contribution in [-0.4, -0.2) is 49.4 Å². The maximum absolute atomic E-state index is 12.5. The lowest BCUT2D eigenvalue weighted by molar-refractivity contribution is -0.113. The molecule has 1 N–H and O–H groups in total. The molecule has 9 nitrogen and oxygen atoms in total. The van der Waals surface area contributed by atoms with E-state index in [0.29, 0.717) is 48.1 Å². The Morgan fingerprint density at radius 3 is 2.55 bits per heavy atom. The Morgan fingerprint density at radius 2 is 1.84 bits per heavy atom. The number of aromatic nitrogens is 5. The minimum absolute atomic E-state index is 0.141. The number of rotatable bonds is 11. The highest BCUT2D eigenvalue weighted by Crippen LogP contribution is 2.31. The molecule has 2 aromatic heterocycles. The summed E-state index contributed by atoms with van der Waals surface area (Å²) in [4.78, 5) is 12.5. The Labute approximate surface area is 186 Å². The average Bonchev–Trinajstić information content (AvgIpc) is 3.37. The Bertz CT molecular complexity index is 1020. The number of ether oxygens (including phenoxy) is 2. The van der Waals surface area contributed by atoms with Crippen molar-refractivity contribution >= 4 is 23.4 Å². The molecule has 0 saturated carbocycles. The van der Waals surface area contributed by atoms with Crippen LogP contribution in [0.25, 0.3) is 11.4 Å². The fourth-order valence-electron chi connectivity index (χ4n) is 3.01. The second-order valence-corrected chi connectivity index (χ2v) is 7.40. The van der Waals surface area contributed by atoms with Crippen molar-refractivity contribution in [3.63, 3.8) is 0 Å². The van der Waals surface area contributed by atoms with Gasteiger partial charge in [-0.1, -0.05) is 23.9 Å². The summed E-state index contributed by atoms with van der Waals surface area (Å²) >= 11 is 1.33. The molecular weight excluding hydrogens is 416 g/mol. The maximum atomic E-state index is 12.5. The SMILES string of the molecule is CCOc1ccccc1NC(=O)CSc1nnc(-c2cn(CC)nc2OCC)n1CC. The average molecular weight is 445 g/mol. The van der Waals surface area contributed by atoms with Crippen molar-refractivity contribution in [2.45, 2.75) is 45.9 Å². The fourth-order valence-corrected chi connectivity index (χ4v) is 3.81. The quantitative estimate of drug-likeness (QED) is 0.450. The number of anilines is 1. The monoisotopic (exact) mass is 444 g/mol. The number of hydrogen-bond acceptors (Lipinski definition) is 7. The van der Waals surface area contributed by atoms with E-state index < -0.39 is 0 Å². The summed E-state index contributed by atoms with van der Waals surface area (Å²) in [5.74, 6) is 1.92. The third-order valence-corrected chi connectivity index (χ3v) is 5.37. The Hall–Kier alpha value is -3.01. The molecule has 0 aliphatic rings. The number of benzene rings is 1. The summed E-state index contributed by atoms with van der Waals surface area (Å²) in [5.41, 5.74) is 1.45. The van der Waals surface area contributed by atoms with Gasteiger partial charge < -0.3 is 19.4 Å². The van der Waals surface area contributed by atoms with Crippen LogP contribution in [0.2, 0.25) is 0 Å². The van der Waals surface area contributed by atoms with Crippen LogP contribution >= 0.6 is 11.8 Å². The van der Waals surface area contributed by atoms with E-state index in [-0.39, 0.29) is 11.7 Å². The van der Waals surface area contributed by atoms with Gasteiger partial charge in [0.25, 0.3) is 0 Å². The van der Waals surface area contributed by atoms with Crippen molar-refractivity contribution in [2.75, 3.05) is 24.3 Å². The van der Waals surface area contributed by atoms with E-state index >= 15 is 0 Å². The number of amides is 1. The molecular formula is C21H28N6O3S. The lowest BCUT2D eigenvalue weighted by atomic mass is 10.3. The number of para-hydroxylation sites is 2. The molecule has 2 heterocycles. The number of nitrogens with zero attached hydrogens (tertiary/aromatic N) is 5. The first kappa shape index (κ1) is 22.7. The fraction of sp³-hybridized carbons (Fsp3) is 0.429. The van der Waals surface area contributed by atoms with Gasteiger partial charge in [0.15, 0.2) is 11.0 Å². The molecule has 1 aromatic carbocycles. The van der Waals surface area contributed by atoms with Crippen LogP contribution in [0.3, 0.4) is 0 Å². The molecule has 10 heteroatoms. The van der Waals surface area contributed by atoms with Crippen LogP contribution in [0.5, 0.6) is 11.6 Å². The molecule has 0 bridgehead atoms. The summed E-state index contributed by atoms with van der Waals surface area (Å²) in [5, 5.41) is 16.7. The first-order chi connectivity index (χ1) is 15.1. The third kappa shape index (κ3) is 5.38. The van der Waals surface area contributed by atoms with Crippen molar-refractivity contribution in [3.8, 4) is 23.0 Å². The second kappa shape index (κ2) is 10.9. The van der Waals surface area contributed by atoms with E-state index in [1.54, 1.807) is 0 Å². The Balaban J connectivity index is 1.73. The van der Waals surface area contributed by atoms with Gasteiger partial charge in [-0.2, -0.15) is 0 Å². The first-order valence-corrected chi connectivity index (χ1v) is 11.4. The van der Waals surface area contributed by atoms with Gasteiger partial charge in [0, 0.05) is 19.3 Å². The van der Waals surface area contributed by atoms with Crippen LogP contribution < -0.4 is 14.8 Å². The van der Waals surface area contributed by atoms with Gasteiger partial charge in [0.1, 0.15) is 11.3 Å². The van der Waals surface area contributed by atoms with E-state index in [0.717, 1.165) is 12.1 Å². The second-order valence-electron chi connectivity index (χ2n) is 6.45. The number of carbonyl (C=O) groups excluding carboxylic acids is 1. The van der Waals surface area contributed by atoms with E-state index in [2.05, 4.69) is 20.6 Å².